The highest BCUT2D eigenvalue weighted by atomic mass is 16.5. The van der Waals surface area contributed by atoms with Crippen LogP contribution < -0.4 is 5.32 Å². The first-order valence-electron chi connectivity index (χ1n) is 5.64. The summed E-state index contributed by atoms with van der Waals surface area (Å²) < 4.78 is 4.42. The Morgan fingerprint density at radius 3 is 2.88 bits per heavy atom. The number of esters is 1. The molecule has 1 fully saturated rings. The highest BCUT2D eigenvalue weighted by Gasteiger charge is 2.18. The van der Waals surface area contributed by atoms with Crippen LogP contribution in [0.15, 0.2) is 0 Å². The molecule has 0 aromatic carbocycles. The molecule has 1 rings (SSSR count). The van der Waals surface area contributed by atoms with Gasteiger partial charge in [-0.15, -0.1) is 0 Å². The lowest BCUT2D eigenvalue weighted by molar-refractivity contribution is -0.143. The minimum absolute atomic E-state index is 0.181. The average molecular weight is 228 g/mol. The summed E-state index contributed by atoms with van der Waals surface area (Å²) in [5.74, 6) is -0.237. The Bertz CT molecular complexity index is 256. The summed E-state index contributed by atoms with van der Waals surface area (Å²) in [5, 5.41) is 2.77. The van der Waals surface area contributed by atoms with Crippen LogP contribution in [-0.2, 0) is 14.3 Å². The van der Waals surface area contributed by atoms with Crippen LogP contribution in [0.1, 0.15) is 19.3 Å². The third-order valence-electron chi connectivity index (χ3n) is 2.84. The molecule has 5 nitrogen and oxygen atoms in total. The molecule has 1 aliphatic rings. The molecule has 0 aliphatic carbocycles. The second kappa shape index (κ2) is 6.48. The van der Waals surface area contributed by atoms with E-state index >= 15 is 0 Å². The van der Waals surface area contributed by atoms with Crippen LogP contribution >= 0.6 is 0 Å². The van der Waals surface area contributed by atoms with Crippen molar-refractivity contribution in [2.75, 3.05) is 33.8 Å². The van der Waals surface area contributed by atoms with Crippen molar-refractivity contribution in [1.29, 1.82) is 0 Å². The fourth-order valence-electron chi connectivity index (χ4n) is 1.96. The second-order valence-corrected chi connectivity index (χ2v) is 4.33. The molecule has 1 amide bonds. The predicted octanol–water partition coefficient (Wildman–Crippen LogP) is 0.00750. The van der Waals surface area contributed by atoms with E-state index < -0.39 is 5.97 Å². The molecule has 0 aromatic heterocycles. The Kier molecular flexibility index (Phi) is 5.25. The first kappa shape index (κ1) is 13.0. The third-order valence-corrected chi connectivity index (χ3v) is 2.84. The highest BCUT2D eigenvalue weighted by molar-refractivity contribution is 5.94. The zero-order valence-electron chi connectivity index (χ0n) is 9.99. The van der Waals surface area contributed by atoms with Gasteiger partial charge in [0.05, 0.1) is 7.11 Å². The van der Waals surface area contributed by atoms with Gasteiger partial charge >= 0.3 is 5.97 Å². The van der Waals surface area contributed by atoms with E-state index in [1.807, 2.05) is 0 Å². The number of ether oxygens (including phenoxy) is 1. The van der Waals surface area contributed by atoms with Crippen molar-refractivity contribution in [1.82, 2.24) is 10.2 Å². The van der Waals surface area contributed by atoms with Crippen LogP contribution in [0.2, 0.25) is 0 Å². The van der Waals surface area contributed by atoms with Gasteiger partial charge in [-0.2, -0.15) is 0 Å². The summed E-state index contributed by atoms with van der Waals surface area (Å²) in [6.45, 7) is 2.80. The molecule has 1 heterocycles. The molecule has 0 spiro atoms. The molecule has 1 unspecified atom stereocenters. The number of amides is 1. The Hall–Kier alpha value is -1.10. The van der Waals surface area contributed by atoms with Crippen LogP contribution in [0.5, 0.6) is 0 Å². The molecule has 0 bridgehead atoms. The number of piperidine rings is 1. The van der Waals surface area contributed by atoms with Crippen LogP contribution in [0.4, 0.5) is 0 Å². The number of carbonyl (C=O) groups excluding carboxylic acids is 2. The van der Waals surface area contributed by atoms with E-state index in [1.165, 1.54) is 13.5 Å². The molecule has 0 aromatic rings. The van der Waals surface area contributed by atoms with E-state index in [2.05, 4.69) is 22.0 Å². The van der Waals surface area contributed by atoms with Gasteiger partial charge in [-0.25, -0.2) is 0 Å². The molecular formula is C11H20N2O3. The van der Waals surface area contributed by atoms with Gasteiger partial charge in [0, 0.05) is 13.1 Å². The number of nitrogens with zero attached hydrogens (tertiary/aromatic N) is 1. The molecule has 5 heteroatoms. The number of hydrogen-bond acceptors (Lipinski definition) is 4. The van der Waals surface area contributed by atoms with Gasteiger partial charge in [-0.1, -0.05) is 0 Å². The zero-order chi connectivity index (χ0) is 12.0. The maximum Gasteiger partial charge on any atom is 0.315 e. The number of methoxy groups -OCH3 is 1. The average Bonchev–Trinajstić information content (AvgIpc) is 2.26. The van der Waals surface area contributed by atoms with Gasteiger partial charge in [-0.05, 0) is 32.4 Å². The van der Waals surface area contributed by atoms with Crippen molar-refractivity contribution >= 4 is 11.9 Å². The second-order valence-electron chi connectivity index (χ2n) is 4.33. The topological polar surface area (TPSA) is 58.6 Å². The molecule has 16 heavy (non-hydrogen) atoms. The molecule has 1 N–H and O–H groups in total. The minimum atomic E-state index is -0.488. The van der Waals surface area contributed by atoms with E-state index in [4.69, 9.17) is 0 Å². The summed E-state index contributed by atoms with van der Waals surface area (Å²) in [7, 11) is 3.37. The molecule has 0 radical (unpaired) electrons. The number of likely N-dealkylation sites (tertiary alicyclic amines) is 1. The van der Waals surface area contributed by atoms with Crippen LogP contribution in [0, 0.1) is 5.92 Å². The maximum atomic E-state index is 11.3. The summed E-state index contributed by atoms with van der Waals surface area (Å²) in [6.07, 6.45) is 2.13. The summed E-state index contributed by atoms with van der Waals surface area (Å²) >= 11 is 0. The fourth-order valence-corrected chi connectivity index (χ4v) is 1.96. The van der Waals surface area contributed by atoms with Gasteiger partial charge < -0.3 is 15.0 Å². The predicted molar refractivity (Wildman–Crippen MR) is 59.9 cm³/mol. The van der Waals surface area contributed by atoms with Crippen LogP contribution in [-0.4, -0.2) is 50.6 Å². The lowest BCUT2D eigenvalue weighted by atomic mass is 9.98. The van der Waals surface area contributed by atoms with Crippen molar-refractivity contribution in [3.05, 3.63) is 0 Å². The van der Waals surface area contributed by atoms with Gasteiger partial charge in [0.15, 0.2) is 0 Å². The minimum Gasteiger partial charge on any atom is -0.469 e. The Labute approximate surface area is 96.1 Å². The third kappa shape index (κ3) is 4.61. The van der Waals surface area contributed by atoms with E-state index in [1.54, 1.807) is 0 Å². The number of carbonyl (C=O) groups is 2. The van der Waals surface area contributed by atoms with Gasteiger partial charge in [0.1, 0.15) is 6.42 Å². The number of nitrogens with one attached hydrogen (secondary N) is 1. The van der Waals surface area contributed by atoms with Gasteiger partial charge in [-0.3, -0.25) is 9.59 Å². The maximum absolute atomic E-state index is 11.3. The molecule has 1 aliphatic heterocycles. The Morgan fingerprint density at radius 2 is 2.25 bits per heavy atom. The van der Waals surface area contributed by atoms with Gasteiger partial charge in [0.2, 0.25) is 5.91 Å². The van der Waals surface area contributed by atoms with E-state index in [0.29, 0.717) is 12.5 Å². The van der Waals surface area contributed by atoms with E-state index in [-0.39, 0.29) is 12.3 Å². The number of rotatable bonds is 4. The van der Waals surface area contributed by atoms with Crippen molar-refractivity contribution in [2.45, 2.75) is 19.3 Å². The van der Waals surface area contributed by atoms with Crippen LogP contribution in [0.3, 0.4) is 0 Å². The lowest BCUT2D eigenvalue weighted by Gasteiger charge is -2.29. The quantitative estimate of drug-likeness (QED) is 0.544. The fraction of sp³-hybridized carbons (Fsp3) is 0.818. The molecule has 1 saturated heterocycles. The smallest absolute Gasteiger partial charge is 0.315 e. The van der Waals surface area contributed by atoms with E-state index in [9.17, 15) is 9.59 Å². The van der Waals surface area contributed by atoms with E-state index in [0.717, 1.165) is 19.5 Å². The first-order chi connectivity index (χ1) is 7.61. The molecule has 92 valence electrons. The lowest BCUT2D eigenvalue weighted by Crippen LogP contribution is -2.39. The summed E-state index contributed by atoms with van der Waals surface area (Å²) in [5.41, 5.74) is 0. The Morgan fingerprint density at radius 1 is 1.50 bits per heavy atom. The summed E-state index contributed by atoms with van der Waals surface area (Å²) in [6, 6.07) is 0. The number of hydrogen-bond donors (Lipinski definition) is 1. The monoisotopic (exact) mass is 228 g/mol. The highest BCUT2D eigenvalue weighted by Crippen LogP contribution is 2.13. The van der Waals surface area contributed by atoms with Crippen molar-refractivity contribution in [3.63, 3.8) is 0 Å². The molecule has 1 atom stereocenters. The normalized spacial score (nSPS) is 21.5. The first-order valence-corrected chi connectivity index (χ1v) is 5.64. The molecule has 0 saturated carbocycles. The SMILES string of the molecule is COC(=O)CC(=O)NCC1CCCN(C)C1. The standard InChI is InChI=1S/C11H20N2O3/c1-13-5-3-4-9(8-13)7-12-10(14)6-11(15)16-2/h9H,3-8H2,1-2H3,(H,12,14). The molecular weight excluding hydrogens is 208 g/mol. The zero-order valence-corrected chi connectivity index (χ0v) is 9.99. The van der Waals surface area contributed by atoms with Gasteiger partial charge in [0.25, 0.3) is 0 Å². The van der Waals surface area contributed by atoms with Crippen LogP contribution in [0.25, 0.3) is 0 Å². The largest absolute Gasteiger partial charge is 0.469 e. The van der Waals surface area contributed by atoms with Crippen molar-refractivity contribution < 1.29 is 14.3 Å². The van der Waals surface area contributed by atoms with Crippen molar-refractivity contribution in [2.24, 2.45) is 5.92 Å². The Balaban J connectivity index is 2.18. The van der Waals surface area contributed by atoms with Crippen molar-refractivity contribution in [3.8, 4) is 0 Å². The summed E-state index contributed by atoms with van der Waals surface area (Å²) in [4.78, 5) is 24.4.